The summed E-state index contributed by atoms with van der Waals surface area (Å²) in [6.45, 7) is 7.79. The average molecular weight is 402 g/mol. The predicted molar refractivity (Wildman–Crippen MR) is 122 cm³/mol. The van der Waals surface area contributed by atoms with E-state index in [2.05, 4.69) is 91.4 Å². The molecular weight excluding hydrogens is 370 g/mol. The molecule has 1 aliphatic heterocycles. The molecule has 4 heteroatoms. The van der Waals surface area contributed by atoms with Gasteiger partial charge in [0.2, 0.25) is 0 Å². The number of aromatic nitrogens is 1. The van der Waals surface area contributed by atoms with Gasteiger partial charge in [-0.2, -0.15) is 0 Å². The molecular formula is C26H31N3O. The van der Waals surface area contributed by atoms with E-state index < -0.39 is 0 Å². The molecule has 3 aromatic rings. The molecule has 2 heterocycles. The van der Waals surface area contributed by atoms with Crippen molar-refractivity contribution >= 4 is 6.03 Å². The second-order valence-corrected chi connectivity index (χ2v) is 8.47. The molecule has 2 aromatic carbocycles. The van der Waals surface area contributed by atoms with Gasteiger partial charge in [0.15, 0.2) is 0 Å². The molecule has 0 fully saturated rings. The lowest BCUT2D eigenvalue weighted by molar-refractivity contribution is 0.180. The summed E-state index contributed by atoms with van der Waals surface area (Å²) in [6.07, 6.45) is 4.08. The van der Waals surface area contributed by atoms with E-state index in [-0.39, 0.29) is 12.1 Å². The van der Waals surface area contributed by atoms with Crippen molar-refractivity contribution in [1.82, 2.24) is 14.8 Å². The van der Waals surface area contributed by atoms with E-state index in [0.717, 1.165) is 35.3 Å². The first-order valence-electron chi connectivity index (χ1n) is 11.0. The molecule has 156 valence electrons. The van der Waals surface area contributed by atoms with Gasteiger partial charge < -0.3 is 14.8 Å². The Balaban J connectivity index is 1.77. The van der Waals surface area contributed by atoms with E-state index in [9.17, 15) is 4.79 Å². The minimum Gasteiger partial charge on any atom is -0.338 e. The van der Waals surface area contributed by atoms with Crippen LogP contribution in [-0.4, -0.2) is 22.0 Å². The van der Waals surface area contributed by atoms with Gasteiger partial charge in [-0.15, -0.1) is 0 Å². The molecule has 0 aliphatic carbocycles. The summed E-state index contributed by atoms with van der Waals surface area (Å²) in [6, 6.07) is 21.1. The summed E-state index contributed by atoms with van der Waals surface area (Å²) in [5, 5.41) is 3.17. The number of fused-ring (bicyclic) bond motifs is 3. The van der Waals surface area contributed by atoms with Crippen molar-refractivity contribution in [2.45, 2.75) is 46.2 Å². The highest BCUT2D eigenvalue weighted by molar-refractivity contribution is 5.76. The summed E-state index contributed by atoms with van der Waals surface area (Å²) in [5.41, 5.74) is 5.85. The number of carbonyl (C=O) groups is 1. The van der Waals surface area contributed by atoms with Crippen molar-refractivity contribution in [3.05, 3.63) is 89.2 Å². The number of hydrogen-bond acceptors (Lipinski definition) is 1. The molecule has 4 nitrogen and oxygen atoms in total. The van der Waals surface area contributed by atoms with Crippen LogP contribution in [0, 0.1) is 5.92 Å². The number of carbonyl (C=O) groups excluding carboxylic acids is 1. The van der Waals surface area contributed by atoms with Crippen LogP contribution >= 0.6 is 0 Å². The first kappa shape index (κ1) is 20.3. The normalized spacial score (nSPS) is 15.5. The van der Waals surface area contributed by atoms with E-state index in [1.807, 2.05) is 11.0 Å². The Morgan fingerprint density at radius 1 is 1.07 bits per heavy atom. The molecule has 30 heavy (non-hydrogen) atoms. The van der Waals surface area contributed by atoms with E-state index in [1.54, 1.807) is 0 Å². The van der Waals surface area contributed by atoms with Gasteiger partial charge in [0.1, 0.15) is 0 Å². The number of nitrogens with zero attached hydrogens (tertiary/aromatic N) is 2. The van der Waals surface area contributed by atoms with Crippen molar-refractivity contribution in [1.29, 1.82) is 0 Å². The number of hydrogen-bond donors (Lipinski definition) is 1. The molecule has 1 aromatic heterocycles. The summed E-state index contributed by atoms with van der Waals surface area (Å²) in [4.78, 5) is 15.4. The quantitative estimate of drug-likeness (QED) is 0.585. The van der Waals surface area contributed by atoms with Crippen molar-refractivity contribution in [3.8, 4) is 5.69 Å². The summed E-state index contributed by atoms with van der Waals surface area (Å²) in [5.74, 6) is 0.560. The molecule has 0 bridgehead atoms. The molecule has 0 radical (unpaired) electrons. The van der Waals surface area contributed by atoms with Crippen LogP contribution in [0.2, 0.25) is 0 Å². The van der Waals surface area contributed by atoms with Crippen LogP contribution in [0.1, 0.15) is 55.6 Å². The Kier molecular flexibility index (Phi) is 5.93. The highest BCUT2D eigenvalue weighted by Gasteiger charge is 2.32. The van der Waals surface area contributed by atoms with Gasteiger partial charge >= 0.3 is 6.03 Å². The Morgan fingerprint density at radius 2 is 1.83 bits per heavy atom. The van der Waals surface area contributed by atoms with Crippen molar-refractivity contribution < 1.29 is 4.79 Å². The maximum Gasteiger partial charge on any atom is 0.318 e. The smallest absolute Gasteiger partial charge is 0.318 e. The molecule has 0 saturated carbocycles. The largest absolute Gasteiger partial charge is 0.338 e. The second kappa shape index (κ2) is 8.78. The zero-order valence-corrected chi connectivity index (χ0v) is 18.1. The molecule has 0 unspecified atom stereocenters. The maximum atomic E-state index is 13.4. The number of aryl methyl sites for hydroxylation is 1. The lowest BCUT2D eigenvalue weighted by Gasteiger charge is -2.31. The fourth-order valence-electron chi connectivity index (χ4n) is 4.20. The molecule has 1 N–H and O–H groups in total. The van der Waals surface area contributed by atoms with Gasteiger partial charge in [0, 0.05) is 18.4 Å². The van der Waals surface area contributed by atoms with Gasteiger partial charge in [-0.25, -0.2) is 4.79 Å². The Morgan fingerprint density at radius 3 is 2.57 bits per heavy atom. The number of para-hydroxylation sites is 1. The van der Waals surface area contributed by atoms with Gasteiger partial charge in [-0.05, 0) is 53.6 Å². The van der Waals surface area contributed by atoms with Crippen LogP contribution in [0.3, 0.4) is 0 Å². The number of rotatable bonds is 5. The molecule has 2 amide bonds. The fraction of sp³-hybridized carbons (Fsp3) is 0.346. The monoisotopic (exact) mass is 401 g/mol. The van der Waals surface area contributed by atoms with Crippen molar-refractivity contribution in [2.24, 2.45) is 5.92 Å². The zero-order valence-electron chi connectivity index (χ0n) is 18.1. The molecule has 1 aliphatic rings. The predicted octanol–water partition coefficient (Wildman–Crippen LogP) is 5.70. The van der Waals surface area contributed by atoms with Gasteiger partial charge in [-0.3, -0.25) is 0 Å². The third kappa shape index (κ3) is 4.00. The van der Waals surface area contributed by atoms with Crippen LogP contribution in [0.5, 0.6) is 0 Å². The molecule has 4 rings (SSSR count). The number of nitrogens with one attached hydrogen (secondary N) is 1. The highest BCUT2D eigenvalue weighted by atomic mass is 16.2. The lowest BCUT2D eigenvalue weighted by atomic mass is 10.00. The van der Waals surface area contributed by atoms with E-state index in [0.29, 0.717) is 19.0 Å². The Bertz CT molecular complexity index is 1000. The molecule has 1 atom stereocenters. The van der Waals surface area contributed by atoms with Crippen LogP contribution in [-0.2, 0) is 13.0 Å². The first-order valence-corrected chi connectivity index (χ1v) is 11.0. The van der Waals surface area contributed by atoms with Crippen molar-refractivity contribution in [2.75, 3.05) is 6.54 Å². The van der Waals surface area contributed by atoms with E-state index in [4.69, 9.17) is 0 Å². The average Bonchev–Trinajstić information content (AvgIpc) is 3.18. The zero-order chi connectivity index (χ0) is 21.1. The minimum absolute atomic E-state index is 0.00956. The summed E-state index contributed by atoms with van der Waals surface area (Å²) < 4.78 is 2.23. The van der Waals surface area contributed by atoms with E-state index >= 15 is 0 Å². The Labute approximate surface area is 179 Å². The number of urea groups is 1. The molecule has 0 saturated heterocycles. The van der Waals surface area contributed by atoms with Gasteiger partial charge in [0.05, 0.1) is 18.3 Å². The minimum atomic E-state index is -0.141. The second-order valence-electron chi connectivity index (χ2n) is 8.47. The summed E-state index contributed by atoms with van der Waals surface area (Å²) >= 11 is 0. The topological polar surface area (TPSA) is 37.3 Å². The summed E-state index contributed by atoms with van der Waals surface area (Å²) in [7, 11) is 0. The first-order chi connectivity index (χ1) is 14.6. The van der Waals surface area contributed by atoms with E-state index in [1.165, 1.54) is 5.56 Å². The van der Waals surface area contributed by atoms with Gasteiger partial charge in [-0.1, -0.05) is 63.2 Å². The fourth-order valence-corrected chi connectivity index (χ4v) is 4.20. The van der Waals surface area contributed by atoms with Crippen LogP contribution in [0.25, 0.3) is 5.69 Å². The Hall–Kier alpha value is -3.01. The number of amides is 2. The SMILES string of the molecule is CCc1ccc([C@H]2c3cccn3-c3ccccc3CN2C(=O)NCCC(C)C)cc1. The lowest BCUT2D eigenvalue weighted by Crippen LogP contribution is -2.42. The van der Waals surface area contributed by atoms with Crippen molar-refractivity contribution in [3.63, 3.8) is 0 Å². The maximum absolute atomic E-state index is 13.4. The van der Waals surface area contributed by atoms with Crippen LogP contribution < -0.4 is 5.32 Å². The third-order valence-corrected chi connectivity index (χ3v) is 5.93. The standard InChI is InChI=1S/C26H31N3O/c1-4-20-11-13-21(14-12-20)25-24-10-7-17-28(24)23-9-6-5-8-22(23)18-29(25)26(30)27-16-15-19(2)3/h5-14,17,19,25H,4,15-16,18H2,1-3H3,(H,27,30)/t25-/m0/s1. The van der Waals surface area contributed by atoms with Crippen LogP contribution in [0.15, 0.2) is 66.9 Å². The molecule has 0 spiro atoms. The third-order valence-electron chi connectivity index (χ3n) is 5.93. The van der Waals surface area contributed by atoms with Crippen LogP contribution in [0.4, 0.5) is 4.79 Å². The van der Waals surface area contributed by atoms with Gasteiger partial charge in [0.25, 0.3) is 0 Å². The highest BCUT2D eigenvalue weighted by Crippen LogP contribution is 2.36. The number of benzene rings is 2.